The SMILES string of the molecule is CCC(C#N)NC(=O)c1cccnc1OC. The molecule has 1 atom stereocenters. The van der Waals surface area contributed by atoms with E-state index in [4.69, 9.17) is 10.00 Å². The van der Waals surface area contributed by atoms with Crippen molar-refractivity contribution in [2.45, 2.75) is 19.4 Å². The van der Waals surface area contributed by atoms with Gasteiger partial charge in [-0.3, -0.25) is 4.79 Å². The topological polar surface area (TPSA) is 75.0 Å². The molecular weight excluding hydrogens is 206 g/mol. The Hall–Kier alpha value is -2.09. The first-order valence-corrected chi connectivity index (χ1v) is 4.92. The van der Waals surface area contributed by atoms with Crippen molar-refractivity contribution >= 4 is 5.91 Å². The monoisotopic (exact) mass is 219 g/mol. The summed E-state index contributed by atoms with van der Waals surface area (Å²) in [7, 11) is 1.45. The fourth-order valence-electron chi connectivity index (χ4n) is 1.19. The van der Waals surface area contributed by atoms with Crippen LogP contribution in [-0.2, 0) is 0 Å². The zero-order valence-electron chi connectivity index (χ0n) is 9.23. The standard InChI is InChI=1S/C11H13N3O2/c1-3-8(7-12)14-10(15)9-5-4-6-13-11(9)16-2/h4-6,8H,3H2,1-2H3,(H,14,15). The Labute approximate surface area is 94.1 Å². The van der Waals surface area contributed by atoms with Crippen molar-refractivity contribution in [3.63, 3.8) is 0 Å². The van der Waals surface area contributed by atoms with Crippen LogP contribution in [0, 0.1) is 11.3 Å². The lowest BCUT2D eigenvalue weighted by Crippen LogP contribution is -2.33. The maximum Gasteiger partial charge on any atom is 0.257 e. The summed E-state index contributed by atoms with van der Waals surface area (Å²) < 4.78 is 4.96. The molecule has 0 aliphatic heterocycles. The first-order valence-electron chi connectivity index (χ1n) is 4.92. The third-order valence-corrected chi connectivity index (χ3v) is 2.08. The van der Waals surface area contributed by atoms with Crippen LogP contribution in [0.1, 0.15) is 23.7 Å². The number of carbonyl (C=O) groups excluding carboxylic acids is 1. The van der Waals surface area contributed by atoms with Gasteiger partial charge in [-0.1, -0.05) is 6.92 Å². The molecule has 1 aromatic rings. The molecule has 16 heavy (non-hydrogen) atoms. The molecule has 0 fully saturated rings. The third kappa shape index (κ3) is 2.70. The molecule has 1 unspecified atom stereocenters. The summed E-state index contributed by atoms with van der Waals surface area (Å²) in [5.74, 6) is -0.0915. The summed E-state index contributed by atoms with van der Waals surface area (Å²) in [5.41, 5.74) is 0.332. The summed E-state index contributed by atoms with van der Waals surface area (Å²) in [6, 6.07) is 4.75. The number of amides is 1. The Bertz CT molecular complexity index is 412. The molecule has 1 aromatic heterocycles. The highest BCUT2D eigenvalue weighted by Gasteiger charge is 2.15. The molecule has 0 saturated heterocycles. The minimum Gasteiger partial charge on any atom is -0.480 e. The van der Waals surface area contributed by atoms with E-state index in [0.29, 0.717) is 12.0 Å². The molecule has 84 valence electrons. The van der Waals surface area contributed by atoms with Crippen LogP contribution in [0.15, 0.2) is 18.3 Å². The Morgan fingerprint density at radius 1 is 1.75 bits per heavy atom. The van der Waals surface area contributed by atoms with Gasteiger partial charge in [0.05, 0.1) is 13.2 Å². The van der Waals surface area contributed by atoms with Gasteiger partial charge in [0.25, 0.3) is 5.91 Å². The second-order valence-electron chi connectivity index (χ2n) is 3.12. The number of carbonyl (C=O) groups is 1. The predicted octanol–water partition coefficient (Wildman–Crippen LogP) is 1.12. The first kappa shape index (κ1) is 12.0. The fraction of sp³-hybridized carbons (Fsp3) is 0.364. The summed E-state index contributed by atoms with van der Waals surface area (Å²) in [4.78, 5) is 15.7. The Morgan fingerprint density at radius 2 is 2.50 bits per heavy atom. The quantitative estimate of drug-likeness (QED) is 0.823. The highest BCUT2D eigenvalue weighted by Crippen LogP contribution is 2.13. The second kappa shape index (κ2) is 5.71. The minimum atomic E-state index is -0.489. The van der Waals surface area contributed by atoms with Crippen LogP contribution in [0.4, 0.5) is 0 Å². The van der Waals surface area contributed by atoms with Crippen LogP contribution in [0.3, 0.4) is 0 Å². The lowest BCUT2D eigenvalue weighted by Gasteiger charge is -2.10. The molecule has 0 bridgehead atoms. The lowest BCUT2D eigenvalue weighted by atomic mass is 10.2. The molecule has 1 heterocycles. The number of hydrogen-bond acceptors (Lipinski definition) is 4. The van der Waals surface area contributed by atoms with Crippen LogP contribution in [0.5, 0.6) is 5.88 Å². The number of rotatable bonds is 4. The van der Waals surface area contributed by atoms with Crippen molar-refractivity contribution in [1.82, 2.24) is 10.3 Å². The van der Waals surface area contributed by atoms with Crippen molar-refractivity contribution < 1.29 is 9.53 Å². The maximum absolute atomic E-state index is 11.8. The van der Waals surface area contributed by atoms with E-state index in [-0.39, 0.29) is 11.8 Å². The molecular formula is C11H13N3O2. The number of nitrogens with one attached hydrogen (secondary N) is 1. The van der Waals surface area contributed by atoms with Crippen molar-refractivity contribution in [2.24, 2.45) is 0 Å². The Kier molecular flexibility index (Phi) is 4.28. The highest BCUT2D eigenvalue weighted by molar-refractivity contribution is 5.96. The average Bonchev–Trinajstić information content (AvgIpc) is 2.35. The summed E-state index contributed by atoms with van der Waals surface area (Å²) in [6.07, 6.45) is 2.10. The van der Waals surface area contributed by atoms with Gasteiger partial charge in [0.2, 0.25) is 5.88 Å². The first-order chi connectivity index (χ1) is 7.72. The molecule has 1 rings (SSSR count). The van der Waals surface area contributed by atoms with Gasteiger partial charge < -0.3 is 10.1 Å². The van der Waals surface area contributed by atoms with Crippen LogP contribution >= 0.6 is 0 Å². The maximum atomic E-state index is 11.8. The smallest absolute Gasteiger partial charge is 0.257 e. The normalized spacial score (nSPS) is 11.3. The van der Waals surface area contributed by atoms with E-state index in [9.17, 15) is 4.79 Å². The predicted molar refractivity (Wildman–Crippen MR) is 57.9 cm³/mol. The van der Waals surface area contributed by atoms with E-state index in [0.717, 1.165) is 0 Å². The number of hydrogen-bond donors (Lipinski definition) is 1. The largest absolute Gasteiger partial charge is 0.480 e. The van der Waals surface area contributed by atoms with E-state index in [2.05, 4.69) is 10.3 Å². The molecule has 1 N–H and O–H groups in total. The third-order valence-electron chi connectivity index (χ3n) is 2.08. The van der Waals surface area contributed by atoms with Gasteiger partial charge in [-0.15, -0.1) is 0 Å². The van der Waals surface area contributed by atoms with Crippen molar-refractivity contribution in [2.75, 3.05) is 7.11 Å². The minimum absolute atomic E-state index is 0.257. The summed E-state index contributed by atoms with van der Waals surface area (Å²) >= 11 is 0. The highest BCUT2D eigenvalue weighted by atomic mass is 16.5. The second-order valence-corrected chi connectivity index (χ2v) is 3.12. The fourth-order valence-corrected chi connectivity index (χ4v) is 1.19. The number of nitrogens with zero attached hydrogens (tertiary/aromatic N) is 2. The molecule has 0 aromatic carbocycles. The zero-order valence-corrected chi connectivity index (χ0v) is 9.23. The van der Waals surface area contributed by atoms with Gasteiger partial charge >= 0.3 is 0 Å². The van der Waals surface area contributed by atoms with Gasteiger partial charge in [-0.05, 0) is 18.6 Å². The van der Waals surface area contributed by atoms with Crippen molar-refractivity contribution in [3.05, 3.63) is 23.9 Å². The van der Waals surface area contributed by atoms with Gasteiger partial charge in [-0.2, -0.15) is 5.26 Å². The molecule has 0 aliphatic carbocycles. The lowest BCUT2D eigenvalue weighted by molar-refractivity contribution is 0.0941. The van der Waals surface area contributed by atoms with Crippen LogP contribution in [-0.4, -0.2) is 24.0 Å². The van der Waals surface area contributed by atoms with Crippen LogP contribution in [0.2, 0.25) is 0 Å². The number of pyridine rings is 1. The molecule has 5 nitrogen and oxygen atoms in total. The van der Waals surface area contributed by atoms with Crippen LogP contribution < -0.4 is 10.1 Å². The molecule has 0 saturated carbocycles. The number of methoxy groups -OCH3 is 1. The van der Waals surface area contributed by atoms with E-state index in [1.807, 2.05) is 13.0 Å². The molecule has 5 heteroatoms. The van der Waals surface area contributed by atoms with Gasteiger partial charge in [-0.25, -0.2) is 4.98 Å². The van der Waals surface area contributed by atoms with Crippen molar-refractivity contribution in [1.29, 1.82) is 5.26 Å². The van der Waals surface area contributed by atoms with E-state index in [1.165, 1.54) is 13.3 Å². The summed E-state index contributed by atoms with van der Waals surface area (Å²) in [5, 5.41) is 11.3. The van der Waals surface area contributed by atoms with E-state index >= 15 is 0 Å². The Morgan fingerprint density at radius 3 is 3.06 bits per heavy atom. The van der Waals surface area contributed by atoms with Gasteiger partial charge in [0.1, 0.15) is 11.6 Å². The van der Waals surface area contributed by atoms with Gasteiger partial charge in [0, 0.05) is 6.20 Å². The number of ether oxygens (including phenoxy) is 1. The van der Waals surface area contributed by atoms with Crippen LogP contribution in [0.25, 0.3) is 0 Å². The van der Waals surface area contributed by atoms with E-state index in [1.54, 1.807) is 12.1 Å². The molecule has 1 amide bonds. The molecule has 0 radical (unpaired) electrons. The van der Waals surface area contributed by atoms with Crippen molar-refractivity contribution in [3.8, 4) is 11.9 Å². The molecule has 0 aliphatic rings. The molecule has 0 spiro atoms. The average molecular weight is 219 g/mol. The van der Waals surface area contributed by atoms with E-state index < -0.39 is 6.04 Å². The number of nitriles is 1. The Balaban J connectivity index is 2.85. The zero-order chi connectivity index (χ0) is 12.0. The van der Waals surface area contributed by atoms with Gasteiger partial charge in [0.15, 0.2) is 0 Å². The number of aromatic nitrogens is 1. The summed E-state index contributed by atoms with van der Waals surface area (Å²) in [6.45, 7) is 1.83.